The van der Waals surface area contributed by atoms with Gasteiger partial charge >= 0.3 is 6.09 Å². The normalized spacial score (nSPS) is 11.3. The van der Waals surface area contributed by atoms with Crippen molar-refractivity contribution in [3.8, 4) is 5.69 Å². The number of hydrogen-bond acceptors (Lipinski definition) is 6. The summed E-state index contributed by atoms with van der Waals surface area (Å²) in [6.45, 7) is 2.16. The van der Waals surface area contributed by atoms with E-state index in [0.29, 0.717) is 11.4 Å². The van der Waals surface area contributed by atoms with Gasteiger partial charge in [0.15, 0.2) is 0 Å². The molecule has 0 saturated carbocycles. The summed E-state index contributed by atoms with van der Waals surface area (Å²) in [6, 6.07) is 25.9. The fourth-order valence-electron chi connectivity index (χ4n) is 4.02. The van der Waals surface area contributed by atoms with Crippen molar-refractivity contribution in [3.05, 3.63) is 119 Å². The quantitative estimate of drug-likeness (QED) is 0.250. The van der Waals surface area contributed by atoms with Crippen LogP contribution >= 0.6 is 0 Å². The number of benzene rings is 3. The number of carbonyl (C=O) groups is 4. The van der Waals surface area contributed by atoms with E-state index in [1.54, 1.807) is 61.5 Å². The van der Waals surface area contributed by atoms with Crippen LogP contribution in [-0.2, 0) is 33.9 Å². The van der Waals surface area contributed by atoms with Crippen molar-refractivity contribution in [3.63, 3.8) is 0 Å². The van der Waals surface area contributed by atoms with Gasteiger partial charge < -0.3 is 21.1 Å². The molecule has 0 unspecified atom stereocenters. The van der Waals surface area contributed by atoms with Gasteiger partial charge in [-0.25, -0.2) is 9.48 Å². The number of hydrogen-bond donors (Lipinski definition) is 3. The van der Waals surface area contributed by atoms with Gasteiger partial charge in [0.2, 0.25) is 5.78 Å². The van der Waals surface area contributed by atoms with Gasteiger partial charge in [0.05, 0.1) is 11.4 Å². The molecule has 1 heterocycles. The molecule has 4 aromatic rings. The lowest BCUT2D eigenvalue weighted by Gasteiger charge is -2.17. The summed E-state index contributed by atoms with van der Waals surface area (Å²) in [5, 5.41) is 9.77. The van der Waals surface area contributed by atoms with Crippen LogP contribution in [0.15, 0.2) is 91.0 Å². The molecule has 0 saturated heterocycles. The largest absolute Gasteiger partial charge is 0.445 e. The monoisotopic (exact) mass is 539 g/mol. The molecule has 4 N–H and O–H groups in total. The lowest BCUT2D eigenvalue weighted by molar-refractivity contribution is -0.137. The van der Waals surface area contributed by atoms with E-state index in [0.717, 1.165) is 16.7 Å². The summed E-state index contributed by atoms with van der Waals surface area (Å²) < 4.78 is 6.68. The van der Waals surface area contributed by atoms with Crippen molar-refractivity contribution >= 4 is 23.7 Å². The summed E-state index contributed by atoms with van der Waals surface area (Å²) in [6.07, 6.45) is -0.429. The molecule has 0 aliphatic heterocycles. The van der Waals surface area contributed by atoms with Crippen molar-refractivity contribution in [2.45, 2.75) is 32.5 Å². The summed E-state index contributed by atoms with van der Waals surface area (Å²) in [5.74, 6) is -2.60. The Bertz CT molecular complexity index is 1480. The zero-order chi connectivity index (χ0) is 28.5. The van der Waals surface area contributed by atoms with Crippen LogP contribution in [0.2, 0.25) is 0 Å². The van der Waals surface area contributed by atoms with Gasteiger partial charge in [0.25, 0.3) is 11.8 Å². The summed E-state index contributed by atoms with van der Waals surface area (Å²) in [5.41, 5.74) is 9.06. The number of Topliss-reactive ketones (excluding diaryl/α,β-unsaturated/α-hetero) is 1. The first-order valence-electron chi connectivity index (χ1n) is 12.6. The summed E-state index contributed by atoms with van der Waals surface area (Å²) in [4.78, 5) is 49.4. The lowest BCUT2D eigenvalue weighted by Crippen LogP contribution is -2.47. The maximum atomic E-state index is 13.3. The third kappa shape index (κ3) is 7.41. The number of nitrogens with one attached hydrogen (secondary N) is 2. The topological polar surface area (TPSA) is 145 Å². The number of aryl methyl sites for hydroxylation is 1. The molecule has 0 aliphatic carbocycles. The average Bonchev–Trinajstić information content (AvgIpc) is 3.37. The van der Waals surface area contributed by atoms with Crippen molar-refractivity contribution in [2.24, 2.45) is 5.73 Å². The minimum atomic E-state index is -1.13. The fourth-order valence-corrected chi connectivity index (χ4v) is 4.02. The van der Waals surface area contributed by atoms with Gasteiger partial charge in [-0.2, -0.15) is 5.10 Å². The van der Waals surface area contributed by atoms with E-state index < -0.39 is 29.7 Å². The molecule has 0 radical (unpaired) electrons. The SMILES string of the molecule is Cc1cc(C(=O)N[C@@H](Cc2ccccc2)C(=O)C(N)=O)n(-c2ccc(CNC(=O)OCc3ccccc3)cc2)n1. The molecule has 3 amide bonds. The molecule has 1 aromatic heterocycles. The predicted molar refractivity (Wildman–Crippen MR) is 147 cm³/mol. The molecule has 10 nitrogen and oxygen atoms in total. The first-order chi connectivity index (χ1) is 19.3. The van der Waals surface area contributed by atoms with Crippen LogP contribution in [0, 0.1) is 6.92 Å². The molecule has 3 aromatic carbocycles. The third-order valence-corrected chi connectivity index (χ3v) is 6.04. The predicted octanol–water partition coefficient (Wildman–Crippen LogP) is 3.00. The Morgan fingerprint density at radius 2 is 1.50 bits per heavy atom. The van der Waals surface area contributed by atoms with E-state index in [2.05, 4.69) is 15.7 Å². The smallest absolute Gasteiger partial charge is 0.407 e. The minimum absolute atomic E-state index is 0.108. The lowest BCUT2D eigenvalue weighted by atomic mass is 10.0. The first-order valence-corrected chi connectivity index (χ1v) is 12.6. The van der Waals surface area contributed by atoms with Crippen LogP contribution in [0.5, 0.6) is 0 Å². The van der Waals surface area contributed by atoms with Crippen molar-refractivity contribution in [2.75, 3.05) is 0 Å². The van der Waals surface area contributed by atoms with Gasteiger partial charge in [0.1, 0.15) is 18.3 Å². The Balaban J connectivity index is 1.41. The van der Waals surface area contributed by atoms with E-state index in [4.69, 9.17) is 10.5 Å². The standard InChI is InChI=1S/C30H29N5O5/c1-20-16-26(29(38)33-25(27(36)28(31)37)17-21-8-4-2-5-9-21)35(34-20)24-14-12-22(13-15-24)18-32-30(39)40-19-23-10-6-3-7-11-23/h2-16,25H,17-19H2,1H3,(H2,31,37)(H,32,39)(H,33,38)/t25-/m0/s1. The Kier molecular flexibility index (Phi) is 9.03. The molecule has 0 fully saturated rings. The van der Waals surface area contributed by atoms with Crippen molar-refractivity contribution in [1.82, 2.24) is 20.4 Å². The molecule has 1 atom stereocenters. The number of ketones is 1. The maximum absolute atomic E-state index is 13.3. The number of alkyl carbamates (subject to hydrolysis) is 1. The van der Waals surface area contributed by atoms with Gasteiger partial charge in [-0.05, 0) is 41.8 Å². The van der Waals surface area contributed by atoms with Crippen LogP contribution in [0.1, 0.15) is 32.9 Å². The number of rotatable bonds is 11. The minimum Gasteiger partial charge on any atom is -0.445 e. The highest BCUT2D eigenvalue weighted by molar-refractivity contribution is 6.38. The highest BCUT2D eigenvalue weighted by atomic mass is 16.5. The Morgan fingerprint density at radius 1 is 0.875 bits per heavy atom. The fraction of sp³-hybridized carbons (Fsp3) is 0.167. The number of nitrogens with two attached hydrogens (primary N) is 1. The number of carbonyl (C=O) groups excluding carboxylic acids is 4. The molecular formula is C30H29N5O5. The third-order valence-electron chi connectivity index (χ3n) is 6.04. The van der Waals surface area contributed by atoms with E-state index in [1.807, 2.05) is 36.4 Å². The van der Waals surface area contributed by atoms with Crippen LogP contribution in [0.4, 0.5) is 4.79 Å². The van der Waals surface area contributed by atoms with Crippen molar-refractivity contribution in [1.29, 1.82) is 0 Å². The van der Waals surface area contributed by atoms with Gasteiger partial charge in [0, 0.05) is 13.0 Å². The number of ether oxygens (including phenoxy) is 1. The molecule has 0 spiro atoms. The zero-order valence-corrected chi connectivity index (χ0v) is 21.9. The van der Waals surface area contributed by atoms with Crippen LogP contribution in [-0.4, -0.2) is 39.5 Å². The zero-order valence-electron chi connectivity index (χ0n) is 21.9. The Hall–Kier alpha value is -5.25. The van der Waals surface area contributed by atoms with Crippen LogP contribution in [0.25, 0.3) is 5.69 Å². The van der Waals surface area contributed by atoms with Gasteiger partial charge in [-0.15, -0.1) is 0 Å². The van der Waals surface area contributed by atoms with E-state index in [-0.39, 0.29) is 25.3 Å². The summed E-state index contributed by atoms with van der Waals surface area (Å²) >= 11 is 0. The highest BCUT2D eigenvalue weighted by Crippen LogP contribution is 2.15. The molecule has 40 heavy (non-hydrogen) atoms. The molecule has 10 heteroatoms. The molecule has 0 bridgehead atoms. The number of nitrogens with zero attached hydrogens (tertiary/aromatic N) is 2. The second kappa shape index (κ2) is 13.0. The van der Waals surface area contributed by atoms with Gasteiger partial charge in [-0.1, -0.05) is 72.8 Å². The molecule has 4 rings (SSSR count). The highest BCUT2D eigenvalue weighted by Gasteiger charge is 2.27. The molecule has 0 aliphatic rings. The van der Waals surface area contributed by atoms with E-state index in [1.165, 1.54) is 4.68 Å². The summed E-state index contributed by atoms with van der Waals surface area (Å²) in [7, 11) is 0. The maximum Gasteiger partial charge on any atom is 0.407 e. The van der Waals surface area contributed by atoms with Crippen molar-refractivity contribution < 1.29 is 23.9 Å². The number of aromatic nitrogens is 2. The number of amides is 3. The van der Waals surface area contributed by atoms with Gasteiger partial charge in [-0.3, -0.25) is 14.4 Å². The van der Waals surface area contributed by atoms with Crippen LogP contribution in [0.3, 0.4) is 0 Å². The first kappa shape index (κ1) is 27.8. The molecule has 204 valence electrons. The van der Waals surface area contributed by atoms with E-state index >= 15 is 0 Å². The second-order valence-electron chi connectivity index (χ2n) is 9.11. The second-order valence-corrected chi connectivity index (χ2v) is 9.11. The number of primary amides is 1. The Labute approximate surface area is 231 Å². The van der Waals surface area contributed by atoms with E-state index in [9.17, 15) is 19.2 Å². The molecular weight excluding hydrogens is 510 g/mol. The Morgan fingerprint density at radius 3 is 2.12 bits per heavy atom. The van der Waals surface area contributed by atoms with Crippen LogP contribution < -0.4 is 16.4 Å². The average molecular weight is 540 g/mol.